The molecule has 2 fully saturated rings. The molecule has 8 N–H and O–H groups in total. The van der Waals surface area contributed by atoms with Gasteiger partial charge in [-0.2, -0.15) is 0 Å². The Hall–Kier alpha value is -8.51. The van der Waals surface area contributed by atoms with Gasteiger partial charge in [0.2, 0.25) is 35.4 Å². The highest BCUT2D eigenvalue weighted by Crippen LogP contribution is 2.27. The number of hydrogen-bond acceptors (Lipinski definition) is 10. The molecule has 5 aromatic carbocycles. The first kappa shape index (κ1) is 59.6. The van der Waals surface area contributed by atoms with Gasteiger partial charge in [0.1, 0.15) is 54.7 Å². The number of likely N-dealkylation sites (N-methyl/N-ethyl adjacent to an activating group) is 1. The molecule has 82 heavy (non-hydrogen) atoms. The maximum absolute atomic E-state index is 15.5. The number of hydrogen-bond donors (Lipinski definition) is 8. The van der Waals surface area contributed by atoms with Crippen LogP contribution in [0.3, 0.4) is 0 Å². The fourth-order valence-corrected chi connectivity index (χ4v) is 10.4. The Balaban J connectivity index is 1.20. The Bertz CT molecular complexity index is 3150. The Kier molecular flexibility index (Phi) is 20.9. The molecule has 1 aromatic heterocycles. The van der Waals surface area contributed by atoms with Crippen LogP contribution in [0.5, 0.6) is 5.75 Å². The normalized spacial score (nSPS) is 21.0. The first-order valence-corrected chi connectivity index (χ1v) is 28.5. The van der Waals surface area contributed by atoms with Crippen LogP contribution in [0.4, 0.5) is 4.79 Å². The van der Waals surface area contributed by atoms with E-state index >= 15 is 28.8 Å². The lowest BCUT2D eigenvalue weighted by atomic mass is 9.99. The minimum Gasteiger partial charge on any atom is -0.489 e. The van der Waals surface area contributed by atoms with Gasteiger partial charge in [0, 0.05) is 55.9 Å². The van der Waals surface area contributed by atoms with E-state index < -0.39 is 83.9 Å². The van der Waals surface area contributed by atoms with Crippen molar-refractivity contribution >= 4 is 52.4 Å². The number of nitrogens with one attached hydrogen (secondary N) is 8. The number of aryl methyl sites for hydroxylation is 3. The Morgan fingerprint density at radius 3 is 1.84 bits per heavy atom. The third kappa shape index (κ3) is 16.3. The zero-order valence-corrected chi connectivity index (χ0v) is 47.5. The number of nitrogens with zero attached hydrogens (tertiary/aromatic N) is 1. The number of fused-ring (bicyclic) bond motifs is 2. The smallest absolute Gasteiger partial charge is 0.407 e. The van der Waals surface area contributed by atoms with Crippen LogP contribution in [0.15, 0.2) is 128 Å². The first-order valence-electron chi connectivity index (χ1n) is 28.5. The Morgan fingerprint density at radius 1 is 0.598 bits per heavy atom. The second-order valence-electron chi connectivity index (χ2n) is 21.6. The second kappa shape index (κ2) is 28.8. The number of unbranched alkanes of at least 4 members (excludes halogenated alkanes) is 3. The van der Waals surface area contributed by atoms with Crippen molar-refractivity contribution in [1.29, 1.82) is 0 Å². The topological polar surface area (TPSA) is 241 Å². The average Bonchev–Trinajstić information content (AvgIpc) is 4.17. The van der Waals surface area contributed by atoms with Crippen molar-refractivity contribution in [3.05, 3.63) is 172 Å². The number of amides is 7. The molecule has 7 amide bonds. The SMILES string of the molecule is CCCCCCC1NC(=O)C(Cc2c[nH]c3ccccc23)NC(=O)C(c2ccc(C)cc2)NC(=O)C2CC(OC(=O)NCCNC)CN2C(=O)C(Cc2ccc(C)cc2)NC(=O)C(Cc2ccc(OCc3ccc(C)cc3)cc2)NC1=O. The van der Waals surface area contributed by atoms with Crippen LogP contribution in [-0.4, -0.2) is 114 Å². The van der Waals surface area contributed by atoms with Gasteiger partial charge in [-0.15, -0.1) is 0 Å². The molecule has 0 bridgehead atoms. The number of aromatic amines is 1. The molecule has 8 rings (SSSR count). The van der Waals surface area contributed by atoms with Crippen LogP contribution in [0, 0.1) is 20.8 Å². The second-order valence-corrected chi connectivity index (χ2v) is 21.6. The fourth-order valence-electron chi connectivity index (χ4n) is 10.4. The molecule has 6 aromatic rings. The third-order valence-corrected chi connectivity index (χ3v) is 15.1. The number of ether oxygens (including phenoxy) is 2. The number of alkyl carbamates (subject to hydrolysis) is 1. The monoisotopic (exact) mass is 1120 g/mol. The number of H-pyrrole nitrogens is 1. The van der Waals surface area contributed by atoms with E-state index in [0.29, 0.717) is 47.6 Å². The summed E-state index contributed by atoms with van der Waals surface area (Å²) in [5, 5.41) is 21.3. The van der Waals surface area contributed by atoms with Crippen molar-refractivity contribution in [2.75, 3.05) is 26.7 Å². The van der Waals surface area contributed by atoms with Gasteiger partial charge in [0.05, 0.1) is 6.54 Å². The van der Waals surface area contributed by atoms with Gasteiger partial charge in [-0.25, -0.2) is 4.79 Å². The van der Waals surface area contributed by atoms with Gasteiger partial charge in [-0.3, -0.25) is 28.8 Å². The highest BCUT2D eigenvalue weighted by Gasteiger charge is 2.45. The molecule has 2 aliphatic heterocycles. The Morgan fingerprint density at radius 2 is 1.17 bits per heavy atom. The number of para-hydroxylation sites is 1. The number of carbonyl (C=O) groups is 7. The summed E-state index contributed by atoms with van der Waals surface area (Å²) in [5.74, 6) is -3.54. The summed E-state index contributed by atoms with van der Waals surface area (Å²) in [6, 6.07) is 29.4. The van der Waals surface area contributed by atoms with Crippen LogP contribution >= 0.6 is 0 Å². The van der Waals surface area contributed by atoms with E-state index in [0.717, 1.165) is 52.4 Å². The lowest BCUT2D eigenvalue weighted by Gasteiger charge is -2.32. The molecule has 2 saturated heterocycles. The Labute approximate surface area is 479 Å². The number of aromatic nitrogens is 1. The maximum Gasteiger partial charge on any atom is 0.407 e. The van der Waals surface area contributed by atoms with Gasteiger partial charge in [0.25, 0.3) is 0 Å². The van der Waals surface area contributed by atoms with E-state index in [4.69, 9.17) is 9.47 Å². The largest absolute Gasteiger partial charge is 0.489 e. The van der Waals surface area contributed by atoms with Crippen molar-refractivity contribution in [3.8, 4) is 5.75 Å². The standard InChI is InChI=1S/C64H77N9O9/c1-6-7-8-9-14-52-58(74)69-53(33-44-25-29-48(30-26-44)81-39-45-23-17-41(3)18-24-45)59(75)71-55(34-43-21-15-40(2)16-22-43)63(79)73-38-49(82-64(80)66-32-31-65-5)36-56(73)61(77)72-57(46-27-19-42(4)20-28-46)62(78)70-54(60(76)68-52)35-47-37-67-51-13-11-10-12-50(47)51/h10-13,15-30,37,49,52-57,65,67H,6-9,14,31-36,38-39H2,1-5H3,(H,66,80)(H,68,76)(H,69,74)(H,70,78)(H,71,75)(H,72,77). The molecule has 0 saturated carbocycles. The summed E-state index contributed by atoms with van der Waals surface area (Å²) in [4.78, 5) is 109. The molecular formula is C64H77N9O9. The highest BCUT2D eigenvalue weighted by molar-refractivity contribution is 5.99. The molecule has 7 atom stereocenters. The van der Waals surface area contributed by atoms with E-state index in [1.165, 1.54) is 4.90 Å². The van der Waals surface area contributed by atoms with E-state index in [-0.39, 0.29) is 45.2 Å². The third-order valence-electron chi connectivity index (χ3n) is 15.1. The van der Waals surface area contributed by atoms with Crippen molar-refractivity contribution in [3.63, 3.8) is 0 Å². The van der Waals surface area contributed by atoms with Gasteiger partial charge in [-0.1, -0.05) is 152 Å². The zero-order chi connectivity index (χ0) is 58.1. The molecule has 2 aliphatic rings. The summed E-state index contributed by atoms with van der Waals surface area (Å²) in [6.07, 6.45) is 3.12. The van der Waals surface area contributed by atoms with Crippen LogP contribution in [0.1, 0.15) is 96.0 Å². The molecule has 7 unspecified atom stereocenters. The summed E-state index contributed by atoms with van der Waals surface area (Å²) in [7, 11) is 1.74. The molecular weight excluding hydrogens is 1040 g/mol. The van der Waals surface area contributed by atoms with Crippen molar-refractivity contribution < 1.29 is 43.0 Å². The molecule has 18 nitrogen and oxygen atoms in total. The van der Waals surface area contributed by atoms with E-state index in [9.17, 15) is 4.79 Å². The van der Waals surface area contributed by atoms with Crippen molar-refractivity contribution in [1.82, 2.24) is 47.1 Å². The predicted octanol–water partition coefficient (Wildman–Crippen LogP) is 6.40. The molecule has 0 radical (unpaired) electrons. The van der Waals surface area contributed by atoms with Crippen LogP contribution < -0.4 is 42.0 Å². The van der Waals surface area contributed by atoms with Gasteiger partial charge in [-0.05, 0) is 80.3 Å². The van der Waals surface area contributed by atoms with E-state index in [1.54, 1.807) is 61.8 Å². The first-order chi connectivity index (χ1) is 39.6. The fraction of sp³-hybridized carbons (Fsp3) is 0.391. The van der Waals surface area contributed by atoms with Gasteiger partial charge < -0.3 is 56.6 Å². The summed E-state index contributed by atoms with van der Waals surface area (Å²) in [5.41, 5.74) is 7.24. The van der Waals surface area contributed by atoms with Crippen LogP contribution in [-0.2, 0) is 59.4 Å². The minimum atomic E-state index is -1.40. The predicted molar refractivity (Wildman–Crippen MR) is 313 cm³/mol. The van der Waals surface area contributed by atoms with Crippen molar-refractivity contribution in [2.24, 2.45) is 0 Å². The van der Waals surface area contributed by atoms with E-state index in [2.05, 4.69) is 49.1 Å². The molecule has 432 valence electrons. The molecule has 18 heteroatoms. The number of rotatable bonds is 19. The van der Waals surface area contributed by atoms with Gasteiger partial charge in [0.15, 0.2) is 0 Å². The minimum absolute atomic E-state index is 0.0151. The number of carbonyl (C=O) groups excluding carboxylic acids is 7. The summed E-state index contributed by atoms with van der Waals surface area (Å²) in [6.45, 7) is 8.70. The summed E-state index contributed by atoms with van der Waals surface area (Å²) < 4.78 is 12.0. The van der Waals surface area contributed by atoms with Crippen LogP contribution in [0.2, 0.25) is 0 Å². The number of benzene rings is 5. The summed E-state index contributed by atoms with van der Waals surface area (Å²) >= 11 is 0. The zero-order valence-electron chi connectivity index (χ0n) is 47.5. The quantitative estimate of drug-likeness (QED) is 0.0416. The molecule has 3 heterocycles. The van der Waals surface area contributed by atoms with E-state index in [1.807, 2.05) is 93.6 Å². The lowest BCUT2D eigenvalue weighted by Crippen LogP contribution is -2.61. The molecule has 0 spiro atoms. The maximum atomic E-state index is 15.5. The highest BCUT2D eigenvalue weighted by atomic mass is 16.6. The lowest BCUT2D eigenvalue weighted by molar-refractivity contribution is -0.143. The van der Waals surface area contributed by atoms with Crippen molar-refractivity contribution in [2.45, 2.75) is 134 Å². The van der Waals surface area contributed by atoms with Gasteiger partial charge >= 0.3 is 6.09 Å². The average molecular weight is 1120 g/mol. The van der Waals surface area contributed by atoms with Crippen LogP contribution in [0.25, 0.3) is 10.9 Å². The molecule has 0 aliphatic carbocycles.